The lowest BCUT2D eigenvalue weighted by atomic mass is 9.75. The van der Waals surface area contributed by atoms with Gasteiger partial charge in [0.05, 0.1) is 24.4 Å². The van der Waals surface area contributed by atoms with Crippen LogP contribution in [0.25, 0.3) is 5.69 Å². The minimum Gasteiger partial charge on any atom is -0.469 e. The molecule has 1 fully saturated rings. The molecule has 0 unspecified atom stereocenters. The number of carbonyl (C=O) groups excluding carboxylic acids is 1. The van der Waals surface area contributed by atoms with E-state index in [2.05, 4.69) is 5.10 Å². The molecule has 0 radical (unpaired) electrons. The molecule has 1 aromatic carbocycles. The first kappa shape index (κ1) is 17.5. The Bertz CT molecular complexity index is 771. The van der Waals surface area contributed by atoms with Crippen LogP contribution < -0.4 is 0 Å². The molecule has 4 nitrogen and oxygen atoms in total. The number of ether oxygens (including phenoxy) is 1. The third-order valence-electron chi connectivity index (χ3n) is 4.69. The number of hydrogen-bond donors (Lipinski definition) is 0. The first-order valence-corrected chi connectivity index (χ1v) is 8.09. The van der Waals surface area contributed by atoms with Crippen molar-refractivity contribution in [3.8, 4) is 5.69 Å². The molecule has 0 aliphatic heterocycles. The van der Waals surface area contributed by atoms with Crippen molar-refractivity contribution >= 4 is 5.97 Å². The zero-order chi connectivity index (χ0) is 18.2. The van der Waals surface area contributed by atoms with Gasteiger partial charge in [0, 0.05) is 24.5 Å². The zero-order valence-electron chi connectivity index (χ0n) is 14.0. The van der Waals surface area contributed by atoms with E-state index in [1.165, 1.54) is 19.2 Å². The van der Waals surface area contributed by atoms with Gasteiger partial charge >= 0.3 is 5.97 Å². The molecule has 0 bridgehead atoms. The molecule has 1 saturated carbocycles. The van der Waals surface area contributed by atoms with Crippen LogP contribution in [0.2, 0.25) is 0 Å². The van der Waals surface area contributed by atoms with Gasteiger partial charge in [0.2, 0.25) is 5.92 Å². The van der Waals surface area contributed by atoms with Gasteiger partial charge in [0.15, 0.2) is 0 Å². The van der Waals surface area contributed by atoms with Gasteiger partial charge in [-0.15, -0.1) is 0 Å². The summed E-state index contributed by atoms with van der Waals surface area (Å²) in [6.45, 7) is 1.82. The quantitative estimate of drug-likeness (QED) is 0.784. The number of nitrogens with zero attached hydrogens (tertiary/aromatic N) is 2. The largest absolute Gasteiger partial charge is 0.469 e. The number of benzene rings is 1. The molecule has 2 aromatic rings. The lowest BCUT2D eigenvalue weighted by Crippen LogP contribution is -2.36. The normalized spacial score (nSPS) is 22.6. The van der Waals surface area contributed by atoms with E-state index < -0.39 is 30.1 Å². The Morgan fingerprint density at radius 3 is 2.64 bits per heavy atom. The van der Waals surface area contributed by atoms with E-state index in [-0.39, 0.29) is 18.7 Å². The molecule has 25 heavy (non-hydrogen) atoms. The number of methoxy groups -OCH3 is 1. The number of rotatable bonds is 3. The minimum atomic E-state index is -2.87. The molecular weight excluding hydrogens is 333 g/mol. The highest BCUT2D eigenvalue weighted by Gasteiger charge is 2.46. The summed E-state index contributed by atoms with van der Waals surface area (Å²) >= 11 is 0. The average molecular weight is 352 g/mol. The molecular formula is C18H19F3N2O2. The number of hydrogen-bond acceptors (Lipinski definition) is 3. The van der Waals surface area contributed by atoms with Crippen molar-refractivity contribution < 1.29 is 22.7 Å². The number of esters is 1. The van der Waals surface area contributed by atoms with Gasteiger partial charge in [-0.2, -0.15) is 5.10 Å². The Morgan fingerprint density at radius 2 is 2.00 bits per heavy atom. The molecule has 0 spiro atoms. The summed E-state index contributed by atoms with van der Waals surface area (Å²) in [6, 6.07) is 7.62. The minimum absolute atomic E-state index is 0.159. The highest BCUT2D eigenvalue weighted by molar-refractivity contribution is 5.73. The van der Waals surface area contributed by atoms with E-state index in [0.717, 1.165) is 5.69 Å². The maximum absolute atomic E-state index is 13.8. The molecule has 1 aromatic heterocycles. The predicted octanol–water partition coefficient (Wildman–Crippen LogP) is 4.01. The number of alkyl halides is 2. The van der Waals surface area contributed by atoms with E-state index in [0.29, 0.717) is 11.4 Å². The van der Waals surface area contributed by atoms with Crippen LogP contribution in [0.5, 0.6) is 0 Å². The average Bonchev–Trinajstić information content (AvgIpc) is 2.95. The zero-order valence-corrected chi connectivity index (χ0v) is 14.0. The smallest absolute Gasteiger partial charge is 0.309 e. The third kappa shape index (κ3) is 3.55. The van der Waals surface area contributed by atoms with Gasteiger partial charge in [-0.3, -0.25) is 4.79 Å². The molecule has 1 aliphatic carbocycles. The standard InChI is InChI=1S/C18H19F3N2O2/c1-11-9-16(22-23(11)13-5-3-12(19)4-6-13)14-7-8-18(20,21)10-15(14)17(24)25-2/h3-6,9,14-15H,7-8,10H2,1-2H3/t14-,15-/m1/s1. The van der Waals surface area contributed by atoms with Gasteiger partial charge in [-0.05, 0) is 43.7 Å². The summed E-state index contributed by atoms with van der Waals surface area (Å²) in [5.74, 6) is -5.21. The molecule has 7 heteroatoms. The van der Waals surface area contributed by atoms with Crippen LogP contribution in [0.3, 0.4) is 0 Å². The van der Waals surface area contributed by atoms with Crippen LogP contribution in [0, 0.1) is 18.7 Å². The summed E-state index contributed by atoms with van der Waals surface area (Å²) in [5, 5.41) is 4.49. The predicted molar refractivity (Wildman–Crippen MR) is 85.3 cm³/mol. The SMILES string of the molecule is COC(=O)[C@@H]1CC(F)(F)CC[C@H]1c1cc(C)n(-c2ccc(F)cc2)n1. The van der Waals surface area contributed by atoms with Crippen LogP contribution in [-0.2, 0) is 9.53 Å². The van der Waals surface area contributed by atoms with Gasteiger partial charge in [-0.25, -0.2) is 17.9 Å². The topological polar surface area (TPSA) is 44.1 Å². The Morgan fingerprint density at radius 1 is 1.32 bits per heavy atom. The highest BCUT2D eigenvalue weighted by Crippen LogP contribution is 2.45. The van der Waals surface area contributed by atoms with Crippen LogP contribution in [-0.4, -0.2) is 28.8 Å². The van der Waals surface area contributed by atoms with Gasteiger partial charge in [0.1, 0.15) is 5.82 Å². The van der Waals surface area contributed by atoms with Gasteiger partial charge in [-0.1, -0.05) is 0 Å². The fraction of sp³-hybridized carbons (Fsp3) is 0.444. The fourth-order valence-electron chi connectivity index (χ4n) is 3.41. The summed E-state index contributed by atoms with van der Waals surface area (Å²) in [6.07, 6.45) is -0.660. The lowest BCUT2D eigenvalue weighted by Gasteiger charge is -2.33. The van der Waals surface area contributed by atoms with E-state index in [4.69, 9.17) is 4.74 Å². The van der Waals surface area contributed by atoms with E-state index in [1.54, 1.807) is 22.9 Å². The van der Waals surface area contributed by atoms with Gasteiger partial charge < -0.3 is 4.74 Å². The van der Waals surface area contributed by atoms with Crippen molar-refractivity contribution in [2.75, 3.05) is 7.11 Å². The summed E-state index contributed by atoms with van der Waals surface area (Å²) in [5.41, 5.74) is 2.02. The molecule has 0 amide bonds. The molecule has 1 aliphatic rings. The van der Waals surface area contributed by atoms with Crippen LogP contribution in [0.15, 0.2) is 30.3 Å². The maximum atomic E-state index is 13.8. The van der Waals surface area contributed by atoms with Crippen molar-refractivity contribution in [3.63, 3.8) is 0 Å². The van der Waals surface area contributed by atoms with Crippen molar-refractivity contribution in [2.45, 2.75) is 38.0 Å². The molecule has 0 N–H and O–H groups in total. The highest BCUT2D eigenvalue weighted by atomic mass is 19.3. The van der Waals surface area contributed by atoms with E-state index >= 15 is 0 Å². The van der Waals surface area contributed by atoms with E-state index in [1.807, 2.05) is 6.92 Å². The van der Waals surface area contributed by atoms with Crippen molar-refractivity contribution in [1.29, 1.82) is 0 Å². The second kappa shape index (κ2) is 6.54. The third-order valence-corrected chi connectivity index (χ3v) is 4.69. The van der Waals surface area contributed by atoms with Crippen molar-refractivity contribution in [1.82, 2.24) is 9.78 Å². The number of aromatic nitrogens is 2. The molecule has 1 heterocycles. The maximum Gasteiger partial charge on any atom is 0.309 e. The molecule has 134 valence electrons. The summed E-state index contributed by atoms with van der Waals surface area (Å²) in [7, 11) is 1.20. The number of carbonyl (C=O) groups is 1. The van der Waals surface area contributed by atoms with Crippen LogP contribution in [0.4, 0.5) is 13.2 Å². The first-order valence-electron chi connectivity index (χ1n) is 8.09. The Kier molecular flexibility index (Phi) is 4.58. The fourth-order valence-corrected chi connectivity index (χ4v) is 3.41. The van der Waals surface area contributed by atoms with Crippen LogP contribution in [0.1, 0.15) is 36.6 Å². The molecule has 3 rings (SSSR count). The summed E-state index contributed by atoms with van der Waals surface area (Å²) < 4.78 is 47.0. The first-order chi connectivity index (χ1) is 11.8. The van der Waals surface area contributed by atoms with Crippen molar-refractivity contribution in [3.05, 3.63) is 47.5 Å². The molecule has 0 saturated heterocycles. The van der Waals surface area contributed by atoms with E-state index in [9.17, 15) is 18.0 Å². The Hall–Kier alpha value is -2.31. The number of aryl methyl sites for hydroxylation is 1. The van der Waals surface area contributed by atoms with Gasteiger partial charge in [0.25, 0.3) is 0 Å². The van der Waals surface area contributed by atoms with Crippen molar-refractivity contribution in [2.24, 2.45) is 5.92 Å². The monoisotopic (exact) mass is 352 g/mol. The Balaban J connectivity index is 1.94. The van der Waals surface area contributed by atoms with Crippen LogP contribution >= 0.6 is 0 Å². The molecule has 2 atom stereocenters. The lowest BCUT2D eigenvalue weighted by molar-refractivity contribution is -0.154. The second-order valence-corrected chi connectivity index (χ2v) is 6.43. The number of halogens is 3. The summed E-state index contributed by atoms with van der Waals surface area (Å²) in [4.78, 5) is 12.0. The Labute approximate surface area is 143 Å². The second-order valence-electron chi connectivity index (χ2n) is 6.43.